The second-order valence-corrected chi connectivity index (χ2v) is 6.88. The fraction of sp³-hybridized carbons (Fsp3) is 0.526. The van der Waals surface area contributed by atoms with Gasteiger partial charge < -0.3 is 14.8 Å². The predicted octanol–water partition coefficient (Wildman–Crippen LogP) is 2.39. The summed E-state index contributed by atoms with van der Waals surface area (Å²) >= 11 is 0. The van der Waals surface area contributed by atoms with E-state index >= 15 is 0 Å². The van der Waals surface area contributed by atoms with Gasteiger partial charge in [-0.15, -0.1) is 0 Å². The standard InChI is InChI=1S/C19H26N4O3/c1-10-7-11(2)21-19(25-6)15(10)9-20-18(24)17-14-8-12(3)26-13(4)16(14)22-23(17)5/h7,12-13H,8-9H2,1-6H3,(H,20,24)/t12-,13+/m1/s1. The quantitative estimate of drug-likeness (QED) is 0.908. The average Bonchev–Trinajstić information content (AvgIpc) is 2.89. The van der Waals surface area contributed by atoms with E-state index in [1.807, 2.05) is 33.8 Å². The molecule has 2 aromatic heterocycles. The van der Waals surface area contributed by atoms with Gasteiger partial charge in [-0.05, 0) is 39.3 Å². The Morgan fingerprint density at radius 1 is 1.42 bits per heavy atom. The van der Waals surface area contributed by atoms with E-state index < -0.39 is 0 Å². The lowest BCUT2D eigenvalue weighted by atomic mass is 9.99. The van der Waals surface area contributed by atoms with Crippen LogP contribution in [0.2, 0.25) is 0 Å². The number of nitrogens with zero attached hydrogens (tertiary/aromatic N) is 3. The largest absolute Gasteiger partial charge is 0.481 e. The highest BCUT2D eigenvalue weighted by atomic mass is 16.5. The SMILES string of the molecule is COc1nc(C)cc(C)c1CNC(=O)c1c2c(nn1C)[C@H](C)O[C@H](C)C2. The molecule has 0 saturated carbocycles. The summed E-state index contributed by atoms with van der Waals surface area (Å²) in [4.78, 5) is 17.3. The van der Waals surface area contributed by atoms with Crippen LogP contribution in [0.5, 0.6) is 5.88 Å². The van der Waals surface area contributed by atoms with Crippen molar-refractivity contribution in [3.8, 4) is 5.88 Å². The molecule has 0 spiro atoms. The van der Waals surface area contributed by atoms with Crippen molar-refractivity contribution in [3.63, 3.8) is 0 Å². The van der Waals surface area contributed by atoms with Crippen LogP contribution in [-0.4, -0.2) is 33.9 Å². The number of methoxy groups -OCH3 is 1. The van der Waals surface area contributed by atoms with Crippen LogP contribution in [0, 0.1) is 13.8 Å². The molecule has 0 bridgehead atoms. The maximum Gasteiger partial charge on any atom is 0.270 e. The summed E-state index contributed by atoms with van der Waals surface area (Å²) in [6, 6.07) is 1.98. The van der Waals surface area contributed by atoms with Crippen molar-refractivity contribution >= 4 is 5.91 Å². The third kappa shape index (κ3) is 3.31. The zero-order chi connectivity index (χ0) is 19.0. The van der Waals surface area contributed by atoms with E-state index in [1.165, 1.54) is 0 Å². The first-order valence-corrected chi connectivity index (χ1v) is 8.82. The summed E-state index contributed by atoms with van der Waals surface area (Å²) in [6.07, 6.45) is 0.645. The highest BCUT2D eigenvalue weighted by molar-refractivity contribution is 5.94. The van der Waals surface area contributed by atoms with Gasteiger partial charge in [0, 0.05) is 36.8 Å². The van der Waals surface area contributed by atoms with Crippen LogP contribution in [0.4, 0.5) is 0 Å². The Balaban J connectivity index is 1.85. The van der Waals surface area contributed by atoms with Gasteiger partial charge in [0.1, 0.15) is 5.69 Å². The van der Waals surface area contributed by atoms with Gasteiger partial charge in [0.15, 0.2) is 0 Å². The van der Waals surface area contributed by atoms with Crippen molar-refractivity contribution in [2.75, 3.05) is 7.11 Å². The van der Waals surface area contributed by atoms with Crippen molar-refractivity contribution in [1.82, 2.24) is 20.1 Å². The van der Waals surface area contributed by atoms with Gasteiger partial charge in [-0.1, -0.05) is 0 Å². The lowest BCUT2D eigenvalue weighted by Crippen LogP contribution is -2.29. The van der Waals surface area contributed by atoms with E-state index in [2.05, 4.69) is 15.4 Å². The average molecular weight is 358 g/mol. The number of carbonyl (C=O) groups excluding carboxylic acids is 1. The van der Waals surface area contributed by atoms with Gasteiger partial charge in [0.05, 0.1) is 25.0 Å². The van der Waals surface area contributed by atoms with Crippen molar-refractivity contribution in [3.05, 3.63) is 39.8 Å². The molecule has 0 unspecified atom stereocenters. The number of ether oxygens (including phenoxy) is 2. The number of carbonyl (C=O) groups is 1. The molecule has 140 valence electrons. The fourth-order valence-electron chi connectivity index (χ4n) is 3.61. The number of fused-ring (bicyclic) bond motifs is 1. The second kappa shape index (κ2) is 7.07. The summed E-state index contributed by atoms with van der Waals surface area (Å²) in [5.74, 6) is 0.398. The maximum absolute atomic E-state index is 12.9. The Morgan fingerprint density at radius 3 is 2.85 bits per heavy atom. The molecule has 2 aromatic rings. The molecule has 3 heterocycles. The molecule has 0 radical (unpaired) electrons. The minimum absolute atomic E-state index is 0.0666. The molecular weight excluding hydrogens is 332 g/mol. The van der Waals surface area contributed by atoms with Crippen LogP contribution >= 0.6 is 0 Å². The van der Waals surface area contributed by atoms with Gasteiger partial charge in [0.25, 0.3) is 5.91 Å². The van der Waals surface area contributed by atoms with Gasteiger partial charge >= 0.3 is 0 Å². The molecule has 1 aliphatic heterocycles. The molecule has 0 aromatic carbocycles. The highest BCUT2D eigenvalue weighted by Crippen LogP contribution is 2.31. The Kier molecular flexibility index (Phi) is 5.00. The number of aromatic nitrogens is 3. The number of pyridine rings is 1. The molecule has 3 rings (SSSR count). The molecule has 1 aliphatic rings. The fourth-order valence-corrected chi connectivity index (χ4v) is 3.61. The molecule has 0 aliphatic carbocycles. The van der Waals surface area contributed by atoms with E-state index in [9.17, 15) is 4.79 Å². The van der Waals surface area contributed by atoms with Crippen molar-refractivity contribution in [2.24, 2.45) is 7.05 Å². The van der Waals surface area contributed by atoms with E-state index in [4.69, 9.17) is 9.47 Å². The number of rotatable bonds is 4. The van der Waals surface area contributed by atoms with E-state index in [0.717, 1.165) is 28.1 Å². The van der Waals surface area contributed by atoms with Crippen LogP contribution < -0.4 is 10.1 Å². The summed E-state index contributed by atoms with van der Waals surface area (Å²) < 4.78 is 12.8. The lowest BCUT2D eigenvalue weighted by molar-refractivity contribution is -0.00710. The van der Waals surface area contributed by atoms with E-state index in [0.29, 0.717) is 24.5 Å². The maximum atomic E-state index is 12.9. The first-order chi connectivity index (χ1) is 12.3. The highest BCUT2D eigenvalue weighted by Gasteiger charge is 2.31. The number of aryl methyl sites for hydroxylation is 3. The normalized spacial score (nSPS) is 19.2. The summed E-state index contributed by atoms with van der Waals surface area (Å²) in [5, 5.41) is 7.50. The zero-order valence-corrected chi connectivity index (χ0v) is 16.2. The molecule has 2 atom stereocenters. The minimum atomic E-state index is -0.149. The van der Waals surface area contributed by atoms with Gasteiger partial charge in [0.2, 0.25) is 5.88 Å². The van der Waals surface area contributed by atoms with Crippen LogP contribution in [0.3, 0.4) is 0 Å². The Morgan fingerprint density at radius 2 is 2.15 bits per heavy atom. The van der Waals surface area contributed by atoms with Gasteiger partial charge in [-0.2, -0.15) is 5.10 Å². The minimum Gasteiger partial charge on any atom is -0.481 e. The van der Waals surface area contributed by atoms with Crippen LogP contribution in [-0.2, 0) is 24.8 Å². The smallest absolute Gasteiger partial charge is 0.270 e. The van der Waals surface area contributed by atoms with Crippen LogP contribution in [0.1, 0.15) is 58.5 Å². The van der Waals surface area contributed by atoms with E-state index in [1.54, 1.807) is 18.8 Å². The number of hydrogen-bond acceptors (Lipinski definition) is 5. The lowest BCUT2D eigenvalue weighted by Gasteiger charge is -2.24. The molecule has 0 fully saturated rings. The molecule has 7 heteroatoms. The van der Waals surface area contributed by atoms with Gasteiger partial charge in [-0.25, -0.2) is 4.98 Å². The molecular formula is C19H26N4O3. The molecule has 26 heavy (non-hydrogen) atoms. The zero-order valence-electron chi connectivity index (χ0n) is 16.2. The summed E-state index contributed by atoms with van der Waals surface area (Å²) in [5.41, 5.74) is 5.23. The topological polar surface area (TPSA) is 78.3 Å². The molecule has 0 saturated heterocycles. The van der Waals surface area contributed by atoms with E-state index in [-0.39, 0.29) is 18.1 Å². The third-order valence-corrected chi connectivity index (χ3v) is 4.76. The first kappa shape index (κ1) is 18.4. The van der Waals surface area contributed by atoms with Crippen molar-refractivity contribution in [1.29, 1.82) is 0 Å². The third-order valence-electron chi connectivity index (χ3n) is 4.76. The predicted molar refractivity (Wildman–Crippen MR) is 97.3 cm³/mol. The number of amides is 1. The Labute approximate surface area is 153 Å². The Hall–Kier alpha value is -2.41. The van der Waals surface area contributed by atoms with Crippen molar-refractivity contribution < 1.29 is 14.3 Å². The summed E-state index contributed by atoms with van der Waals surface area (Å²) in [6.45, 7) is 8.24. The van der Waals surface area contributed by atoms with Crippen LogP contribution in [0.25, 0.3) is 0 Å². The Bertz CT molecular complexity index is 844. The molecule has 7 nitrogen and oxygen atoms in total. The first-order valence-electron chi connectivity index (χ1n) is 8.82. The van der Waals surface area contributed by atoms with Gasteiger partial charge in [-0.3, -0.25) is 9.48 Å². The number of hydrogen-bond donors (Lipinski definition) is 1. The number of nitrogens with one attached hydrogen (secondary N) is 1. The van der Waals surface area contributed by atoms with Crippen LogP contribution in [0.15, 0.2) is 6.07 Å². The monoisotopic (exact) mass is 358 g/mol. The second-order valence-electron chi connectivity index (χ2n) is 6.88. The summed E-state index contributed by atoms with van der Waals surface area (Å²) in [7, 11) is 3.39. The molecule has 1 N–H and O–H groups in total. The van der Waals surface area contributed by atoms with Crippen molar-refractivity contribution in [2.45, 2.75) is 52.9 Å². The molecule has 1 amide bonds.